The van der Waals surface area contributed by atoms with Crippen molar-refractivity contribution in [2.75, 3.05) is 33.3 Å². The first-order valence-corrected chi connectivity index (χ1v) is 10.2. The highest BCUT2D eigenvalue weighted by molar-refractivity contribution is 6.46. The first kappa shape index (κ1) is 21.6. The van der Waals surface area contributed by atoms with Gasteiger partial charge < -0.3 is 19.6 Å². The fourth-order valence-corrected chi connectivity index (χ4v) is 3.87. The summed E-state index contributed by atoms with van der Waals surface area (Å²) < 4.78 is 5.35. The molecule has 1 heterocycles. The van der Waals surface area contributed by atoms with Crippen molar-refractivity contribution >= 4 is 17.4 Å². The van der Waals surface area contributed by atoms with Gasteiger partial charge in [0, 0.05) is 13.1 Å². The van der Waals surface area contributed by atoms with Gasteiger partial charge in [-0.15, -0.1) is 0 Å². The number of rotatable bonds is 8. The van der Waals surface area contributed by atoms with Crippen molar-refractivity contribution in [1.82, 2.24) is 9.80 Å². The lowest BCUT2D eigenvalue weighted by molar-refractivity contribution is -0.140. The van der Waals surface area contributed by atoms with Crippen LogP contribution in [0.2, 0.25) is 0 Å². The van der Waals surface area contributed by atoms with E-state index in [0.29, 0.717) is 24.4 Å². The molecular formula is C24H28N2O4. The number of hydrogen-bond donors (Lipinski definition) is 1. The van der Waals surface area contributed by atoms with Gasteiger partial charge in [-0.05, 0) is 30.8 Å². The van der Waals surface area contributed by atoms with E-state index in [1.165, 1.54) is 7.11 Å². The molecule has 1 unspecified atom stereocenters. The van der Waals surface area contributed by atoms with Crippen LogP contribution in [0.4, 0.5) is 0 Å². The molecule has 158 valence electrons. The Morgan fingerprint density at radius 3 is 2.30 bits per heavy atom. The second-order valence-electron chi connectivity index (χ2n) is 7.13. The molecule has 3 rings (SSSR count). The maximum Gasteiger partial charge on any atom is 0.295 e. The van der Waals surface area contributed by atoms with Crippen LogP contribution in [0, 0.1) is 0 Å². The number of likely N-dealkylation sites (tertiary alicyclic amines) is 1. The number of para-hydroxylation sites is 1. The molecule has 1 N–H and O–H groups in total. The largest absolute Gasteiger partial charge is 0.507 e. The summed E-state index contributed by atoms with van der Waals surface area (Å²) in [4.78, 5) is 29.8. The van der Waals surface area contributed by atoms with E-state index in [1.54, 1.807) is 29.2 Å². The summed E-state index contributed by atoms with van der Waals surface area (Å²) in [5, 5.41) is 11.1. The van der Waals surface area contributed by atoms with E-state index in [-0.39, 0.29) is 11.3 Å². The van der Waals surface area contributed by atoms with Gasteiger partial charge in [0.25, 0.3) is 11.7 Å². The molecule has 6 heteroatoms. The van der Waals surface area contributed by atoms with E-state index in [2.05, 4.69) is 18.7 Å². The summed E-state index contributed by atoms with van der Waals surface area (Å²) in [7, 11) is 1.50. The number of nitrogens with zero attached hydrogens (tertiary/aromatic N) is 2. The molecular weight excluding hydrogens is 380 g/mol. The Hall–Kier alpha value is -3.12. The van der Waals surface area contributed by atoms with Crippen LogP contribution in [0.1, 0.15) is 31.0 Å². The lowest BCUT2D eigenvalue weighted by Crippen LogP contribution is -2.38. The standard InChI is InChI=1S/C24H28N2O4/c1-4-25(5-2)15-16-26-21(17-11-7-6-8-12-17)20(23(28)24(26)29)22(27)18-13-9-10-14-19(18)30-3/h6-14,21,27H,4-5,15-16H2,1-3H3/b22-20+. The molecule has 0 aliphatic carbocycles. The first-order valence-electron chi connectivity index (χ1n) is 10.2. The highest BCUT2D eigenvalue weighted by Crippen LogP contribution is 2.40. The summed E-state index contributed by atoms with van der Waals surface area (Å²) in [6, 6.07) is 15.6. The molecule has 6 nitrogen and oxygen atoms in total. The lowest BCUT2D eigenvalue weighted by atomic mass is 9.95. The predicted octanol–water partition coefficient (Wildman–Crippen LogP) is 3.46. The zero-order valence-electron chi connectivity index (χ0n) is 17.7. The summed E-state index contributed by atoms with van der Waals surface area (Å²) >= 11 is 0. The van der Waals surface area contributed by atoms with Crippen LogP contribution in [0.15, 0.2) is 60.2 Å². The van der Waals surface area contributed by atoms with E-state index in [4.69, 9.17) is 4.74 Å². The number of aliphatic hydroxyl groups excluding tert-OH is 1. The van der Waals surface area contributed by atoms with Crippen LogP contribution < -0.4 is 4.74 Å². The molecule has 1 amide bonds. The monoisotopic (exact) mass is 408 g/mol. The van der Waals surface area contributed by atoms with Gasteiger partial charge in [-0.25, -0.2) is 0 Å². The molecule has 1 aliphatic heterocycles. The van der Waals surface area contributed by atoms with Crippen LogP contribution in [0.5, 0.6) is 5.75 Å². The SMILES string of the molecule is CCN(CC)CCN1C(=O)C(=O)/C(=C(/O)c2ccccc2OC)C1c1ccccc1. The number of hydrogen-bond acceptors (Lipinski definition) is 5. The average Bonchev–Trinajstić information content (AvgIpc) is 3.04. The van der Waals surface area contributed by atoms with Crippen molar-refractivity contribution in [3.8, 4) is 5.75 Å². The molecule has 1 atom stereocenters. The third kappa shape index (κ3) is 4.09. The Morgan fingerprint density at radius 2 is 1.67 bits per heavy atom. The number of carbonyl (C=O) groups excluding carboxylic acids is 2. The van der Waals surface area contributed by atoms with E-state index in [1.807, 2.05) is 30.3 Å². The number of methoxy groups -OCH3 is 1. The van der Waals surface area contributed by atoms with Crippen molar-refractivity contribution in [1.29, 1.82) is 0 Å². The molecule has 0 saturated carbocycles. The summed E-state index contributed by atoms with van der Waals surface area (Å²) in [5.74, 6) is -1.04. The molecule has 0 radical (unpaired) electrons. The Kier molecular flexibility index (Phi) is 6.90. The number of ketones is 1. The molecule has 0 spiro atoms. The number of benzene rings is 2. The zero-order valence-corrected chi connectivity index (χ0v) is 17.7. The van der Waals surface area contributed by atoms with Crippen LogP contribution in [-0.4, -0.2) is 59.9 Å². The predicted molar refractivity (Wildman–Crippen MR) is 116 cm³/mol. The number of amides is 1. The molecule has 1 aliphatic rings. The highest BCUT2D eigenvalue weighted by Gasteiger charge is 2.46. The Labute approximate surface area is 177 Å². The highest BCUT2D eigenvalue weighted by atomic mass is 16.5. The number of Topliss-reactive ketones (excluding diaryl/α,β-unsaturated/α-hetero) is 1. The number of carbonyl (C=O) groups is 2. The van der Waals surface area contributed by atoms with Crippen LogP contribution in [-0.2, 0) is 9.59 Å². The fourth-order valence-electron chi connectivity index (χ4n) is 3.87. The van der Waals surface area contributed by atoms with Gasteiger partial charge >= 0.3 is 0 Å². The van der Waals surface area contributed by atoms with Gasteiger partial charge in [0.15, 0.2) is 0 Å². The minimum Gasteiger partial charge on any atom is -0.507 e. The van der Waals surface area contributed by atoms with Crippen molar-refractivity contribution in [3.63, 3.8) is 0 Å². The number of likely N-dealkylation sites (N-methyl/N-ethyl adjacent to an activating group) is 1. The molecule has 0 bridgehead atoms. The maximum atomic E-state index is 13.0. The van der Waals surface area contributed by atoms with E-state index in [9.17, 15) is 14.7 Å². The third-order valence-electron chi connectivity index (χ3n) is 5.57. The third-order valence-corrected chi connectivity index (χ3v) is 5.57. The minimum absolute atomic E-state index is 0.0928. The Balaban J connectivity index is 2.11. The molecule has 2 aromatic rings. The maximum absolute atomic E-state index is 13.0. The van der Waals surface area contributed by atoms with Crippen molar-refractivity contribution < 1.29 is 19.4 Å². The summed E-state index contributed by atoms with van der Waals surface area (Å²) in [5.41, 5.74) is 1.27. The van der Waals surface area contributed by atoms with Gasteiger partial charge in [-0.2, -0.15) is 0 Å². The molecule has 0 aromatic heterocycles. The summed E-state index contributed by atoms with van der Waals surface area (Å²) in [6.07, 6.45) is 0. The van der Waals surface area contributed by atoms with Gasteiger partial charge in [-0.3, -0.25) is 9.59 Å². The fraction of sp³-hybridized carbons (Fsp3) is 0.333. The number of ether oxygens (including phenoxy) is 1. The zero-order chi connectivity index (χ0) is 21.7. The summed E-state index contributed by atoms with van der Waals surface area (Å²) in [6.45, 7) is 6.89. The second-order valence-corrected chi connectivity index (χ2v) is 7.13. The molecule has 30 heavy (non-hydrogen) atoms. The number of aliphatic hydroxyl groups is 1. The van der Waals surface area contributed by atoms with Crippen LogP contribution in [0.25, 0.3) is 5.76 Å². The normalized spacial score (nSPS) is 18.3. The van der Waals surface area contributed by atoms with Gasteiger partial charge in [-0.1, -0.05) is 56.3 Å². The Morgan fingerprint density at radius 1 is 1.03 bits per heavy atom. The van der Waals surface area contributed by atoms with Crippen molar-refractivity contribution in [2.45, 2.75) is 19.9 Å². The van der Waals surface area contributed by atoms with Crippen molar-refractivity contribution in [2.24, 2.45) is 0 Å². The smallest absolute Gasteiger partial charge is 0.295 e. The van der Waals surface area contributed by atoms with E-state index < -0.39 is 17.7 Å². The Bertz CT molecular complexity index is 935. The van der Waals surface area contributed by atoms with Crippen molar-refractivity contribution in [3.05, 3.63) is 71.3 Å². The van der Waals surface area contributed by atoms with Gasteiger partial charge in [0.1, 0.15) is 11.5 Å². The second kappa shape index (κ2) is 9.59. The topological polar surface area (TPSA) is 70.1 Å². The van der Waals surface area contributed by atoms with Crippen LogP contribution in [0.3, 0.4) is 0 Å². The molecule has 1 fully saturated rings. The van der Waals surface area contributed by atoms with Crippen LogP contribution >= 0.6 is 0 Å². The lowest BCUT2D eigenvalue weighted by Gasteiger charge is -2.28. The van der Waals surface area contributed by atoms with Gasteiger partial charge in [0.05, 0.1) is 24.3 Å². The first-order chi connectivity index (χ1) is 14.5. The van der Waals surface area contributed by atoms with Gasteiger partial charge in [0.2, 0.25) is 0 Å². The van der Waals surface area contributed by atoms with E-state index in [0.717, 1.165) is 18.7 Å². The van der Waals surface area contributed by atoms with E-state index >= 15 is 0 Å². The molecule has 1 saturated heterocycles. The molecule has 2 aromatic carbocycles. The minimum atomic E-state index is -0.674. The average molecular weight is 408 g/mol. The quantitative estimate of drug-likeness (QED) is 0.412.